The van der Waals surface area contributed by atoms with Crippen molar-refractivity contribution in [3.8, 4) is 6.07 Å². The van der Waals surface area contributed by atoms with Crippen LogP contribution in [-0.4, -0.2) is 29.2 Å². The summed E-state index contributed by atoms with van der Waals surface area (Å²) in [6.45, 7) is 1.83. The van der Waals surface area contributed by atoms with Gasteiger partial charge in [-0.25, -0.2) is 0 Å². The van der Waals surface area contributed by atoms with Crippen molar-refractivity contribution in [1.29, 1.82) is 5.26 Å². The Morgan fingerprint density at radius 3 is 2.77 bits per heavy atom. The summed E-state index contributed by atoms with van der Waals surface area (Å²) in [5, 5.41) is 18.9. The molecule has 2 rings (SSSR count). The monoisotopic (exact) mass is 301 g/mol. The minimum atomic E-state index is -0.939. The summed E-state index contributed by atoms with van der Waals surface area (Å²) in [5.74, 6) is -0.0231. The molecule has 1 fully saturated rings. The smallest absolute Gasteiger partial charge is 0.161 e. The quantitative estimate of drug-likeness (QED) is 0.849. The third kappa shape index (κ3) is 5.25. The molecule has 2 atom stereocenters. The van der Waals surface area contributed by atoms with Crippen molar-refractivity contribution in [1.82, 2.24) is 0 Å². The molecule has 1 saturated heterocycles. The predicted octanol–water partition coefficient (Wildman–Crippen LogP) is 2.77. The summed E-state index contributed by atoms with van der Waals surface area (Å²) in [5.41, 5.74) is 0.969. The van der Waals surface area contributed by atoms with Crippen molar-refractivity contribution in [2.24, 2.45) is 0 Å². The molecule has 1 aromatic rings. The fraction of sp³-hybridized carbons (Fsp3) is 0.556. The molecule has 1 N–H and O–H groups in total. The van der Waals surface area contributed by atoms with Crippen LogP contribution in [0, 0.1) is 11.3 Å². The molecular formula is C18H23NO3. The fourth-order valence-electron chi connectivity index (χ4n) is 2.94. The van der Waals surface area contributed by atoms with Gasteiger partial charge < -0.3 is 9.84 Å². The van der Waals surface area contributed by atoms with Gasteiger partial charge in [0.1, 0.15) is 6.61 Å². The van der Waals surface area contributed by atoms with E-state index in [2.05, 4.69) is 6.07 Å². The van der Waals surface area contributed by atoms with E-state index >= 15 is 0 Å². The Kier molecular flexibility index (Phi) is 5.70. The van der Waals surface area contributed by atoms with Gasteiger partial charge in [-0.15, -0.1) is 0 Å². The van der Waals surface area contributed by atoms with Gasteiger partial charge in [-0.2, -0.15) is 5.26 Å². The number of aryl methyl sites for hydroxylation is 1. The average Bonchev–Trinajstić information content (AvgIpc) is 2.61. The van der Waals surface area contributed by atoms with Crippen molar-refractivity contribution in [2.45, 2.75) is 57.2 Å². The van der Waals surface area contributed by atoms with E-state index in [4.69, 9.17) is 10.00 Å². The summed E-state index contributed by atoms with van der Waals surface area (Å²) < 4.78 is 5.59. The van der Waals surface area contributed by atoms with Gasteiger partial charge in [-0.05, 0) is 43.9 Å². The van der Waals surface area contributed by atoms with Crippen molar-refractivity contribution in [3.63, 3.8) is 0 Å². The average molecular weight is 301 g/mol. The van der Waals surface area contributed by atoms with E-state index in [-0.39, 0.29) is 24.9 Å². The summed E-state index contributed by atoms with van der Waals surface area (Å²) in [4.78, 5) is 11.5. The fourth-order valence-corrected chi connectivity index (χ4v) is 2.94. The Labute approximate surface area is 131 Å². The molecular weight excluding hydrogens is 278 g/mol. The Bertz CT molecular complexity index is 542. The van der Waals surface area contributed by atoms with Gasteiger partial charge in [0.15, 0.2) is 5.78 Å². The maximum absolute atomic E-state index is 11.5. The third-order valence-electron chi connectivity index (χ3n) is 4.05. The van der Waals surface area contributed by atoms with E-state index < -0.39 is 5.60 Å². The van der Waals surface area contributed by atoms with Gasteiger partial charge in [0, 0.05) is 12.8 Å². The number of nitrogens with zero attached hydrogens (tertiary/aromatic N) is 1. The van der Waals surface area contributed by atoms with Crippen LogP contribution in [0.3, 0.4) is 0 Å². The summed E-state index contributed by atoms with van der Waals surface area (Å²) >= 11 is 0. The third-order valence-corrected chi connectivity index (χ3v) is 4.05. The molecule has 1 aliphatic rings. The van der Waals surface area contributed by atoms with E-state index in [0.717, 1.165) is 25.7 Å². The zero-order chi connectivity index (χ0) is 16.0. The number of aliphatic hydroxyl groups is 1. The zero-order valence-electron chi connectivity index (χ0n) is 13.0. The second-order valence-corrected chi connectivity index (χ2v) is 6.40. The number of hydrogen-bond donors (Lipinski definition) is 1. The van der Waals surface area contributed by atoms with E-state index in [1.807, 2.05) is 24.3 Å². The van der Waals surface area contributed by atoms with Gasteiger partial charge in [-0.3, -0.25) is 4.79 Å². The second-order valence-electron chi connectivity index (χ2n) is 6.40. The van der Waals surface area contributed by atoms with E-state index in [1.165, 1.54) is 5.56 Å². The lowest BCUT2D eigenvalue weighted by Crippen LogP contribution is -2.29. The first-order valence-electron chi connectivity index (χ1n) is 7.83. The highest BCUT2D eigenvalue weighted by molar-refractivity contribution is 5.80. The normalized spacial score (nSPS) is 25.5. The number of carbonyl (C=O) groups is 1. The number of Topliss-reactive ketones (excluding diaryl/α,β-unsaturated/α-hetero) is 1. The molecule has 0 amide bonds. The number of carbonyl (C=O) groups excluding carboxylic acids is 1. The van der Waals surface area contributed by atoms with Crippen LogP contribution < -0.4 is 0 Å². The molecule has 1 heterocycles. The lowest BCUT2D eigenvalue weighted by molar-refractivity contribution is -0.125. The zero-order valence-corrected chi connectivity index (χ0v) is 13.0. The summed E-state index contributed by atoms with van der Waals surface area (Å²) in [7, 11) is 0. The summed E-state index contributed by atoms with van der Waals surface area (Å²) in [6.07, 6.45) is 4.52. The van der Waals surface area contributed by atoms with Crippen LogP contribution in [0.15, 0.2) is 24.3 Å². The Morgan fingerprint density at radius 2 is 2.09 bits per heavy atom. The van der Waals surface area contributed by atoms with E-state index in [0.29, 0.717) is 12.0 Å². The van der Waals surface area contributed by atoms with Crippen LogP contribution in [0.5, 0.6) is 0 Å². The molecule has 0 saturated carbocycles. The molecule has 0 aliphatic carbocycles. The molecule has 1 aromatic carbocycles. The van der Waals surface area contributed by atoms with Gasteiger partial charge >= 0.3 is 0 Å². The Hall–Kier alpha value is -1.70. The number of ether oxygens (including phenoxy) is 1. The van der Waals surface area contributed by atoms with Crippen molar-refractivity contribution < 1.29 is 14.6 Å². The van der Waals surface area contributed by atoms with Crippen LogP contribution in [0.4, 0.5) is 0 Å². The second kappa shape index (κ2) is 7.53. The molecule has 22 heavy (non-hydrogen) atoms. The highest BCUT2D eigenvalue weighted by Gasteiger charge is 2.32. The lowest BCUT2D eigenvalue weighted by atomic mass is 9.92. The van der Waals surface area contributed by atoms with Crippen molar-refractivity contribution >= 4 is 5.78 Å². The van der Waals surface area contributed by atoms with Crippen molar-refractivity contribution in [2.75, 3.05) is 6.61 Å². The van der Waals surface area contributed by atoms with Gasteiger partial charge in [0.2, 0.25) is 0 Å². The number of unbranched alkanes of at least 4 members (excludes halogenated alkanes) is 1. The number of benzene rings is 1. The van der Waals surface area contributed by atoms with E-state index in [9.17, 15) is 9.90 Å². The molecule has 4 heteroatoms. The topological polar surface area (TPSA) is 70.3 Å². The first-order chi connectivity index (χ1) is 10.5. The number of hydrogen-bond acceptors (Lipinski definition) is 4. The molecule has 0 bridgehead atoms. The Morgan fingerprint density at radius 1 is 1.36 bits per heavy atom. The Balaban J connectivity index is 1.73. The lowest BCUT2D eigenvalue weighted by Gasteiger charge is -2.23. The maximum atomic E-state index is 11.5. The van der Waals surface area contributed by atoms with Gasteiger partial charge in [-0.1, -0.05) is 18.6 Å². The molecule has 0 unspecified atom stereocenters. The molecule has 1 aliphatic heterocycles. The summed E-state index contributed by atoms with van der Waals surface area (Å²) in [6, 6.07) is 9.77. The highest BCUT2D eigenvalue weighted by atomic mass is 16.5. The van der Waals surface area contributed by atoms with Crippen LogP contribution in [0.25, 0.3) is 0 Å². The van der Waals surface area contributed by atoms with Crippen LogP contribution >= 0.6 is 0 Å². The standard InChI is InChI=1S/C18H23NO3/c1-18(21)10-16(20)13-22-17(11-18)5-3-2-4-14-6-8-15(12-19)9-7-14/h6-9,17,21H,2-5,10-11,13H2,1H3/t17-,18+/m1/s1. The molecule has 4 nitrogen and oxygen atoms in total. The molecule has 118 valence electrons. The van der Waals surface area contributed by atoms with Crippen molar-refractivity contribution in [3.05, 3.63) is 35.4 Å². The van der Waals surface area contributed by atoms with Crippen LogP contribution in [0.2, 0.25) is 0 Å². The number of rotatable bonds is 5. The van der Waals surface area contributed by atoms with Crippen LogP contribution in [0.1, 0.15) is 50.2 Å². The first-order valence-corrected chi connectivity index (χ1v) is 7.83. The molecule has 0 aromatic heterocycles. The minimum absolute atomic E-state index is 0.0231. The molecule has 0 spiro atoms. The van der Waals surface area contributed by atoms with Gasteiger partial charge in [0.25, 0.3) is 0 Å². The number of ketones is 1. The van der Waals surface area contributed by atoms with Gasteiger partial charge in [0.05, 0.1) is 23.3 Å². The van der Waals surface area contributed by atoms with E-state index in [1.54, 1.807) is 6.92 Å². The number of nitriles is 1. The highest BCUT2D eigenvalue weighted by Crippen LogP contribution is 2.25. The predicted molar refractivity (Wildman–Crippen MR) is 83.3 cm³/mol. The maximum Gasteiger partial charge on any atom is 0.161 e. The first kappa shape index (κ1) is 16.7. The largest absolute Gasteiger partial charge is 0.390 e. The minimum Gasteiger partial charge on any atom is -0.390 e. The SMILES string of the molecule is C[C@]1(O)CC(=O)CO[C@H](CCCCc2ccc(C#N)cc2)C1. The van der Waals surface area contributed by atoms with Crippen LogP contribution in [-0.2, 0) is 16.0 Å². The molecule has 0 radical (unpaired) electrons.